The molecule has 0 N–H and O–H groups in total. The first-order chi connectivity index (χ1) is 21.1. The van der Waals surface area contributed by atoms with Crippen LogP contribution in [0.15, 0.2) is 46.9 Å². The van der Waals surface area contributed by atoms with Crippen molar-refractivity contribution in [1.29, 1.82) is 0 Å². The molecule has 2 aromatic carbocycles. The van der Waals surface area contributed by atoms with Crippen LogP contribution in [-0.4, -0.2) is 105 Å². The van der Waals surface area contributed by atoms with Gasteiger partial charge in [0, 0.05) is 84.9 Å². The molecule has 3 fully saturated rings. The van der Waals surface area contributed by atoms with Gasteiger partial charge in [-0.05, 0) is 29.8 Å². The number of urea groups is 1. The topological polar surface area (TPSA) is 95.2 Å². The minimum absolute atomic E-state index is 0.0168. The Morgan fingerprint density at radius 1 is 0.977 bits per heavy atom. The van der Waals surface area contributed by atoms with E-state index in [0.717, 1.165) is 57.6 Å². The maximum absolute atomic E-state index is 15.3. The van der Waals surface area contributed by atoms with Crippen LogP contribution < -0.4 is 4.90 Å². The van der Waals surface area contributed by atoms with Gasteiger partial charge in [-0.2, -0.15) is 13.2 Å². The highest BCUT2D eigenvalue weighted by molar-refractivity contribution is 7.85. The van der Waals surface area contributed by atoms with E-state index in [-0.39, 0.29) is 23.7 Å². The van der Waals surface area contributed by atoms with Gasteiger partial charge in [0.15, 0.2) is 0 Å². The zero-order valence-corrected chi connectivity index (χ0v) is 24.7. The minimum atomic E-state index is -4.82. The molecule has 4 heterocycles. The van der Waals surface area contributed by atoms with Crippen LogP contribution in [-0.2, 0) is 34.8 Å². The van der Waals surface area contributed by atoms with Gasteiger partial charge in [0.1, 0.15) is 5.82 Å². The van der Waals surface area contributed by atoms with E-state index in [2.05, 4.69) is 24.4 Å². The molecule has 0 atom stereocenters. The Labute approximate surface area is 254 Å². The number of hydrogen-bond acceptors (Lipinski definition) is 8. The summed E-state index contributed by atoms with van der Waals surface area (Å²) in [4.78, 5) is 21.6. The number of ether oxygens (including phenoxy) is 1. The summed E-state index contributed by atoms with van der Waals surface area (Å²) in [6, 6.07) is 11.5. The number of halogens is 4. The lowest BCUT2D eigenvalue weighted by molar-refractivity contribution is -0.156. The van der Waals surface area contributed by atoms with E-state index in [1.54, 1.807) is 4.90 Å². The summed E-state index contributed by atoms with van der Waals surface area (Å²) in [7, 11) is -0.988. The smallest absolute Gasteiger partial charge is 0.413 e. The largest absolute Gasteiger partial charge is 0.470 e. The molecule has 3 aromatic rings. The number of amides is 2. The van der Waals surface area contributed by atoms with Crippen LogP contribution >= 0.6 is 0 Å². The third-order valence-corrected chi connectivity index (χ3v) is 9.45. The molecule has 44 heavy (non-hydrogen) atoms. The maximum Gasteiger partial charge on any atom is 0.470 e. The van der Waals surface area contributed by atoms with E-state index < -0.39 is 34.6 Å². The van der Waals surface area contributed by atoms with Crippen molar-refractivity contribution in [2.75, 3.05) is 68.9 Å². The molecule has 1 aromatic heterocycles. The van der Waals surface area contributed by atoms with Crippen molar-refractivity contribution in [2.24, 2.45) is 0 Å². The van der Waals surface area contributed by atoms with Gasteiger partial charge in [-0.25, -0.2) is 9.18 Å². The van der Waals surface area contributed by atoms with E-state index in [1.807, 2.05) is 24.3 Å². The van der Waals surface area contributed by atoms with Crippen LogP contribution in [0, 0.1) is 5.82 Å². The first-order valence-electron chi connectivity index (χ1n) is 14.4. The number of carbonyl (C=O) groups excluding carboxylic acids is 1. The van der Waals surface area contributed by atoms with E-state index in [0.29, 0.717) is 36.3 Å². The second kappa shape index (κ2) is 12.9. The average Bonchev–Trinajstić information content (AvgIpc) is 3.49. The summed E-state index contributed by atoms with van der Waals surface area (Å²) in [5.74, 6) is -1.99. The first-order valence-corrected chi connectivity index (χ1v) is 15.9. The monoisotopic (exact) mass is 636 g/mol. The fraction of sp³-hybridized carbons (Fsp3) is 0.483. The third kappa shape index (κ3) is 6.95. The number of rotatable bonds is 7. The van der Waals surface area contributed by atoms with E-state index >= 15 is 4.39 Å². The minimum Gasteiger partial charge on any atom is -0.413 e. The third-order valence-electron chi connectivity index (χ3n) is 8.17. The van der Waals surface area contributed by atoms with Gasteiger partial charge in [0.05, 0.1) is 25.8 Å². The fourth-order valence-electron chi connectivity index (χ4n) is 5.46. The number of alkyl halides is 3. The van der Waals surface area contributed by atoms with E-state index in [9.17, 15) is 22.2 Å². The fourth-order valence-corrected chi connectivity index (χ4v) is 6.51. The Kier molecular flexibility index (Phi) is 8.98. The van der Waals surface area contributed by atoms with Crippen molar-refractivity contribution in [3.8, 4) is 11.5 Å². The number of aromatic nitrogens is 2. The lowest BCUT2D eigenvalue weighted by Gasteiger charge is -2.42. The van der Waals surface area contributed by atoms with Crippen molar-refractivity contribution < 1.29 is 35.7 Å². The number of piperazine rings is 1. The molecule has 0 bridgehead atoms. The first kappa shape index (κ1) is 30.6. The zero-order valence-electron chi connectivity index (χ0n) is 23.8. The van der Waals surface area contributed by atoms with Gasteiger partial charge in [0.2, 0.25) is 5.89 Å². The summed E-state index contributed by atoms with van der Waals surface area (Å²) in [5.41, 5.74) is 1.78. The van der Waals surface area contributed by atoms with Gasteiger partial charge >= 0.3 is 18.1 Å². The van der Waals surface area contributed by atoms with Gasteiger partial charge in [-0.1, -0.05) is 18.2 Å². The van der Waals surface area contributed by atoms with Crippen LogP contribution in [0.4, 0.5) is 28.0 Å². The maximum atomic E-state index is 15.3. The van der Waals surface area contributed by atoms with Crippen LogP contribution in [0.1, 0.15) is 17.0 Å². The second-order valence-corrected chi connectivity index (χ2v) is 12.8. The standard InChI is InChI=1S/C29H32F4N6O4S/c30-25-15-21(26-34-35-27(43-26)29(31,32)33)3-4-22(25)17-39(28(40)38-11-13-44(41)14-12-38)23-5-1-20(2-6-23)16-36-7-9-37(10-8-36)24-18-42-19-24/h1-6,15,24H,7-14,16-19H2. The van der Waals surface area contributed by atoms with Crippen LogP contribution in [0.2, 0.25) is 0 Å². The van der Waals surface area contributed by atoms with Crippen molar-refractivity contribution in [2.45, 2.75) is 25.3 Å². The summed E-state index contributed by atoms with van der Waals surface area (Å²) < 4.78 is 75.8. The highest BCUT2D eigenvalue weighted by Crippen LogP contribution is 2.31. The van der Waals surface area contributed by atoms with E-state index in [1.165, 1.54) is 17.0 Å². The molecule has 3 aliphatic heterocycles. The molecule has 2 amide bonds. The summed E-state index contributed by atoms with van der Waals surface area (Å²) in [6.45, 7) is 6.79. The highest BCUT2D eigenvalue weighted by Gasteiger charge is 2.38. The van der Waals surface area contributed by atoms with Crippen molar-refractivity contribution in [1.82, 2.24) is 24.9 Å². The Morgan fingerprint density at radius 2 is 1.68 bits per heavy atom. The number of carbonyl (C=O) groups is 1. The summed E-state index contributed by atoms with van der Waals surface area (Å²) >= 11 is 0. The molecule has 6 rings (SSSR count). The molecule has 0 unspecified atom stereocenters. The Bertz CT molecular complexity index is 1480. The van der Waals surface area contributed by atoms with Crippen molar-refractivity contribution >= 4 is 22.5 Å². The second-order valence-electron chi connectivity index (χ2n) is 11.1. The Morgan fingerprint density at radius 3 is 2.27 bits per heavy atom. The number of hydrogen-bond donors (Lipinski definition) is 0. The Hall–Kier alpha value is -3.40. The molecule has 3 saturated heterocycles. The molecular weight excluding hydrogens is 604 g/mol. The van der Waals surface area contributed by atoms with Crippen molar-refractivity contribution in [3.63, 3.8) is 0 Å². The average molecular weight is 637 g/mol. The van der Waals surface area contributed by atoms with Crippen molar-refractivity contribution in [3.05, 3.63) is 65.3 Å². The summed E-state index contributed by atoms with van der Waals surface area (Å²) in [6.07, 6.45) is -4.82. The molecule has 0 radical (unpaired) electrons. The lowest BCUT2D eigenvalue weighted by atomic mass is 10.1. The lowest BCUT2D eigenvalue weighted by Crippen LogP contribution is -2.56. The molecule has 3 aliphatic rings. The SMILES string of the molecule is O=C(N1CCS(=O)CC1)N(Cc1ccc(-c2nnc(C(F)(F)F)o2)cc1F)c1ccc(CN2CCN(C3COC3)CC2)cc1. The van der Waals surface area contributed by atoms with Gasteiger partial charge < -0.3 is 14.1 Å². The number of benzene rings is 2. The molecule has 0 spiro atoms. The molecule has 10 nitrogen and oxygen atoms in total. The van der Waals surface area contributed by atoms with Gasteiger partial charge in [-0.15, -0.1) is 10.2 Å². The quantitative estimate of drug-likeness (QED) is 0.364. The molecule has 15 heteroatoms. The number of nitrogens with zero attached hydrogens (tertiary/aromatic N) is 6. The highest BCUT2D eigenvalue weighted by atomic mass is 32.2. The predicted molar refractivity (Wildman–Crippen MR) is 154 cm³/mol. The van der Waals surface area contributed by atoms with Crippen LogP contribution in [0.25, 0.3) is 11.5 Å². The molecule has 0 aliphatic carbocycles. The van der Waals surface area contributed by atoms with Gasteiger partial charge in [-0.3, -0.25) is 18.9 Å². The van der Waals surface area contributed by atoms with Crippen LogP contribution in [0.3, 0.4) is 0 Å². The van der Waals surface area contributed by atoms with E-state index in [4.69, 9.17) is 4.74 Å². The Balaban J connectivity index is 1.17. The molecule has 0 saturated carbocycles. The van der Waals surface area contributed by atoms with Crippen LogP contribution in [0.5, 0.6) is 0 Å². The zero-order chi connectivity index (χ0) is 30.8. The van der Waals surface area contributed by atoms with Gasteiger partial charge in [0.25, 0.3) is 0 Å². The predicted octanol–water partition coefficient (Wildman–Crippen LogP) is 3.60. The molecular formula is C29H32F4N6O4S. The summed E-state index contributed by atoms with van der Waals surface area (Å²) in [5, 5.41) is 6.38. The number of anilines is 1. The molecule has 236 valence electrons. The normalized spacial score (nSPS) is 19.2.